The van der Waals surface area contributed by atoms with Crippen molar-refractivity contribution in [2.24, 2.45) is 0 Å². The largest absolute Gasteiger partial charge is 0.462 e. The van der Waals surface area contributed by atoms with E-state index in [9.17, 15) is 14.4 Å². The van der Waals surface area contributed by atoms with Crippen molar-refractivity contribution in [3.63, 3.8) is 0 Å². The first-order chi connectivity index (χ1) is 29.0. The summed E-state index contributed by atoms with van der Waals surface area (Å²) in [5, 5.41) is 0. The molecule has 0 aromatic heterocycles. The minimum absolute atomic E-state index is 0.0940. The molecule has 0 aromatic carbocycles. The fourth-order valence-electron chi connectivity index (χ4n) is 6.63. The van der Waals surface area contributed by atoms with Gasteiger partial charge in [0, 0.05) is 19.3 Å². The van der Waals surface area contributed by atoms with E-state index in [1.54, 1.807) is 0 Å². The van der Waals surface area contributed by atoms with Gasteiger partial charge < -0.3 is 14.2 Å². The van der Waals surface area contributed by atoms with Crippen LogP contribution >= 0.6 is 0 Å². The van der Waals surface area contributed by atoms with Gasteiger partial charge in [0.15, 0.2) is 6.10 Å². The van der Waals surface area contributed by atoms with E-state index in [1.807, 2.05) is 48.6 Å². The summed E-state index contributed by atoms with van der Waals surface area (Å²) >= 11 is 0. The highest BCUT2D eigenvalue weighted by molar-refractivity contribution is 5.71. The summed E-state index contributed by atoms with van der Waals surface area (Å²) in [6.07, 6.45) is 58.8. The number of ether oxygens (including phenoxy) is 3. The first kappa shape index (κ1) is 55.9. The first-order valence-electron chi connectivity index (χ1n) is 24.5. The Balaban J connectivity index is 4.48. The Morgan fingerprint density at radius 3 is 1.10 bits per heavy atom. The maximum atomic E-state index is 12.7. The molecule has 1 unspecified atom stereocenters. The number of hydrogen-bond acceptors (Lipinski definition) is 6. The summed E-state index contributed by atoms with van der Waals surface area (Å²) in [6.45, 7) is 6.43. The van der Waals surface area contributed by atoms with Crippen LogP contribution in [-0.2, 0) is 28.6 Å². The van der Waals surface area contributed by atoms with Crippen LogP contribution in [0.3, 0.4) is 0 Å². The Hall–Kier alpha value is -3.15. The van der Waals surface area contributed by atoms with E-state index in [2.05, 4.69) is 45.1 Å². The average Bonchev–Trinajstić information content (AvgIpc) is 3.23. The highest BCUT2D eigenvalue weighted by atomic mass is 16.6. The second kappa shape index (κ2) is 47.5. The molecule has 0 aliphatic rings. The standard InChI is InChI=1S/C53H90O6/c1-4-7-10-13-16-19-22-25-26-29-31-34-37-40-43-46-52(55)58-49-50(59-53(56)47-44-41-38-35-32-28-24-21-18-15-12-9-6-3)48-57-51(54)45-42-39-36-33-30-27-23-20-17-14-11-8-5-2/h7,10,13,16,19,22,25-26,28-29,31-32,50H,4-6,8-9,11-12,14-15,17-18,20-21,23-24,27,30,33-49H2,1-3H3/b10-7-,16-13-,22-19-,26-25-,31-29-,32-28-. The summed E-state index contributed by atoms with van der Waals surface area (Å²) in [5.74, 6) is -0.954. The van der Waals surface area contributed by atoms with Crippen molar-refractivity contribution in [1.82, 2.24) is 0 Å². The predicted molar refractivity (Wildman–Crippen MR) is 251 cm³/mol. The van der Waals surface area contributed by atoms with E-state index >= 15 is 0 Å². The monoisotopic (exact) mass is 823 g/mol. The minimum atomic E-state index is -0.797. The molecule has 1 atom stereocenters. The van der Waals surface area contributed by atoms with Crippen LogP contribution in [0.15, 0.2) is 72.9 Å². The Morgan fingerprint density at radius 1 is 0.356 bits per heavy atom. The molecule has 0 N–H and O–H groups in total. The molecule has 0 radical (unpaired) electrons. The van der Waals surface area contributed by atoms with E-state index < -0.39 is 6.10 Å². The zero-order chi connectivity index (χ0) is 43.0. The van der Waals surface area contributed by atoms with Gasteiger partial charge in [-0.3, -0.25) is 14.4 Å². The molecule has 0 bridgehead atoms. The van der Waals surface area contributed by atoms with Crippen molar-refractivity contribution in [3.8, 4) is 0 Å². The lowest BCUT2D eigenvalue weighted by atomic mass is 10.0. The molecule has 0 aliphatic heterocycles. The third kappa shape index (κ3) is 45.8. The molecule has 0 heterocycles. The zero-order valence-corrected chi connectivity index (χ0v) is 38.5. The lowest BCUT2D eigenvalue weighted by Crippen LogP contribution is -2.30. The number of unbranched alkanes of at least 4 members (excludes halogenated alkanes) is 24. The normalized spacial score (nSPS) is 12.7. The van der Waals surface area contributed by atoms with E-state index in [1.165, 1.54) is 103 Å². The molecular formula is C53H90O6. The molecule has 0 saturated carbocycles. The Labute approximate surface area is 363 Å². The van der Waals surface area contributed by atoms with Gasteiger partial charge in [-0.15, -0.1) is 0 Å². The van der Waals surface area contributed by atoms with Crippen LogP contribution in [-0.4, -0.2) is 37.2 Å². The average molecular weight is 823 g/mol. The number of esters is 3. The minimum Gasteiger partial charge on any atom is -0.462 e. The maximum absolute atomic E-state index is 12.7. The fraction of sp³-hybridized carbons (Fsp3) is 0.717. The molecular weight excluding hydrogens is 733 g/mol. The summed E-state index contributed by atoms with van der Waals surface area (Å²) in [7, 11) is 0. The lowest BCUT2D eigenvalue weighted by Gasteiger charge is -2.18. The number of carbonyl (C=O) groups is 3. The Kier molecular flexibility index (Phi) is 45.0. The Morgan fingerprint density at radius 2 is 0.678 bits per heavy atom. The van der Waals surface area contributed by atoms with Gasteiger partial charge in [-0.2, -0.15) is 0 Å². The van der Waals surface area contributed by atoms with Crippen LogP contribution in [0, 0.1) is 0 Å². The third-order valence-electron chi connectivity index (χ3n) is 10.3. The predicted octanol–water partition coefficient (Wildman–Crippen LogP) is 15.9. The van der Waals surface area contributed by atoms with Crippen molar-refractivity contribution in [3.05, 3.63) is 72.9 Å². The molecule has 6 nitrogen and oxygen atoms in total. The van der Waals surface area contributed by atoms with Crippen LogP contribution in [0.1, 0.15) is 226 Å². The van der Waals surface area contributed by atoms with Gasteiger partial charge in [-0.05, 0) is 64.2 Å². The number of carbonyl (C=O) groups excluding carboxylic acids is 3. The lowest BCUT2D eigenvalue weighted by molar-refractivity contribution is -0.167. The molecule has 0 fully saturated rings. The highest BCUT2D eigenvalue weighted by Crippen LogP contribution is 2.14. The van der Waals surface area contributed by atoms with Crippen LogP contribution in [0.5, 0.6) is 0 Å². The van der Waals surface area contributed by atoms with Gasteiger partial charge in [-0.1, -0.05) is 216 Å². The molecule has 0 spiro atoms. The second-order valence-electron chi connectivity index (χ2n) is 16.1. The zero-order valence-electron chi connectivity index (χ0n) is 38.5. The van der Waals surface area contributed by atoms with E-state index in [-0.39, 0.29) is 31.1 Å². The molecule has 0 rings (SSSR count). The van der Waals surface area contributed by atoms with Crippen molar-refractivity contribution in [1.29, 1.82) is 0 Å². The summed E-state index contributed by atoms with van der Waals surface area (Å²) in [6, 6.07) is 0. The number of allylic oxidation sites excluding steroid dienone is 12. The van der Waals surface area contributed by atoms with Crippen LogP contribution < -0.4 is 0 Å². The molecule has 6 heteroatoms. The molecule has 0 aliphatic carbocycles. The van der Waals surface area contributed by atoms with Crippen LogP contribution in [0.2, 0.25) is 0 Å². The fourth-order valence-corrected chi connectivity index (χ4v) is 6.63. The van der Waals surface area contributed by atoms with Crippen LogP contribution in [0.25, 0.3) is 0 Å². The van der Waals surface area contributed by atoms with Crippen molar-refractivity contribution < 1.29 is 28.6 Å². The van der Waals surface area contributed by atoms with Gasteiger partial charge >= 0.3 is 17.9 Å². The van der Waals surface area contributed by atoms with Crippen molar-refractivity contribution in [2.45, 2.75) is 232 Å². The second-order valence-corrected chi connectivity index (χ2v) is 16.1. The first-order valence-corrected chi connectivity index (χ1v) is 24.5. The smallest absolute Gasteiger partial charge is 0.306 e. The number of hydrogen-bond donors (Lipinski definition) is 0. The summed E-state index contributed by atoms with van der Waals surface area (Å²) in [4.78, 5) is 37.9. The number of rotatable bonds is 43. The third-order valence-corrected chi connectivity index (χ3v) is 10.3. The van der Waals surface area contributed by atoms with Gasteiger partial charge in [-0.25, -0.2) is 0 Å². The summed E-state index contributed by atoms with van der Waals surface area (Å²) < 4.78 is 16.7. The molecule has 0 saturated heterocycles. The Bertz CT molecular complexity index is 1130. The van der Waals surface area contributed by atoms with Gasteiger partial charge in [0.05, 0.1) is 0 Å². The molecule has 0 amide bonds. The summed E-state index contributed by atoms with van der Waals surface area (Å²) in [5.41, 5.74) is 0. The highest BCUT2D eigenvalue weighted by Gasteiger charge is 2.19. The van der Waals surface area contributed by atoms with Crippen molar-refractivity contribution >= 4 is 17.9 Å². The quantitative estimate of drug-likeness (QED) is 0.0200. The molecule has 338 valence electrons. The maximum Gasteiger partial charge on any atom is 0.306 e. The van der Waals surface area contributed by atoms with E-state index in [0.29, 0.717) is 19.3 Å². The van der Waals surface area contributed by atoms with Gasteiger partial charge in [0.2, 0.25) is 0 Å². The SMILES string of the molecule is CC\C=C/C=C\C=C/C=C\C=C/CCCCCC(=O)OCC(COC(=O)CCCCCCCCCCCCCCC)OC(=O)CCCCC/C=C\CCCCCCCC. The molecule has 0 aromatic rings. The van der Waals surface area contributed by atoms with Crippen LogP contribution in [0.4, 0.5) is 0 Å². The van der Waals surface area contributed by atoms with E-state index in [0.717, 1.165) is 83.5 Å². The van der Waals surface area contributed by atoms with Crippen molar-refractivity contribution in [2.75, 3.05) is 13.2 Å². The van der Waals surface area contributed by atoms with E-state index in [4.69, 9.17) is 14.2 Å². The topological polar surface area (TPSA) is 78.9 Å². The van der Waals surface area contributed by atoms with Gasteiger partial charge in [0.1, 0.15) is 13.2 Å². The molecule has 59 heavy (non-hydrogen) atoms. The van der Waals surface area contributed by atoms with Gasteiger partial charge in [0.25, 0.3) is 0 Å².